The second kappa shape index (κ2) is 4.42. The molecule has 0 radical (unpaired) electrons. The zero-order valence-corrected chi connectivity index (χ0v) is 7.38. The molecule has 1 aliphatic carbocycles. The van der Waals surface area contributed by atoms with Gasteiger partial charge in [-0.05, 0) is 19.3 Å². The Morgan fingerprint density at radius 3 is 2.75 bits per heavy atom. The quantitative estimate of drug-likeness (QED) is 0.608. The van der Waals surface area contributed by atoms with Crippen LogP contribution < -0.4 is 11.1 Å². The van der Waals surface area contributed by atoms with Gasteiger partial charge in [-0.25, -0.2) is 0 Å². The van der Waals surface area contributed by atoms with E-state index < -0.39 is 6.10 Å². The van der Waals surface area contributed by atoms with Crippen LogP contribution in [0.15, 0.2) is 0 Å². The maximum atomic E-state index is 11.3. The smallest absolute Gasteiger partial charge is 0.250 e. The molecule has 1 unspecified atom stereocenters. The van der Waals surface area contributed by atoms with Crippen LogP contribution in [0.25, 0.3) is 0 Å². The number of amides is 1. The van der Waals surface area contributed by atoms with E-state index in [1.54, 1.807) is 0 Å². The van der Waals surface area contributed by atoms with E-state index in [1.807, 2.05) is 0 Å². The summed E-state index contributed by atoms with van der Waals surface area (Å²) < 4.78 is 4.89. The van der Waals surface area contributed by atoms with Gasteiger partial charge in [0.2, 0.25) is 0 Å². The van der Waals surface area contributed by atoms with E-state index in [2.05, 4.69) is 5.32 Å². The highest BCUT2D eigenvalue weighted by Gasteiger charge is 2.23. The lowest BCUT2D eigenvalue weighted by Gasteiger charge is -2.27. The minimum absolute atomic E-state index is 0.0790. The molecule has 1 atom stereocenters. The summed E-state index contributed by atoms with van der Waals surface area (Å²) in [6.45, 7) is 0.245. The van der Waals surface area contributed by atoms with Crippen LogP contribution in [-0.2, 0) is 9.53 Å². The minimum Gasteiger partial charge on any atom is -0.370 e. The van der Waals surface area contributed by atoms with Crippen molar-refractivity contribution in [1.82, 2.24) is 5.32 Å². The van der Waals surface area contributed by atoms with Gasteiger partial charge in [0.05, 0.1) is 0 Å². The zero-order chi connectivity index (χ0) is 8.97. The van der Waals surface area contributed by atoms with Gasteiger partial charge in [0.15, 0.2) is 0 Å². The highest BCUT2D eigenvalue weighted by atomic mass is 16.5. The third kappa shape index (κ3) is 2.19. The van der Waals surface area contributed by atoms with Crippen molar-refractivity contribution in [3.8, 4) is 0 Å². The van der Waals surface area contributed by atoms with Crippen molar-refractivity contribution < 1.29 is 9.53 Å². The van der Waals surface area contributed by atoms with E-state index in [-0.39, 0.29) is 12.5 Å². The van der Waals surface area contributed by atoms with Crippen LogP contribution in [0.5, 0.6) is 0 Å². The Labute approximate surface area is 72.5 Å². The number of nitrogens with two attached hydrogens (primary N) is 1. The Morgan fingerprint density at radius 1 is 1.75 bits per heavy atom. The Morgan fingerprint density at radius 2 is 2.42 bits per heavy atom. The van der Waals surface area contributed by atoms with Crippen LogP contribution >= 0.6 is 0 Å². The average molecular weight is 172 g/mol. The number of carbonyl (C=O) groups excluding carboxylic acids is 1. The van der Waals surface area contributed by atoms with Crippen LogP contribution in [0.2, 0.25) is 0 Å². The van der Waals surface area contributed by atoms with E-state index >= 15 is 0 Å². The normalized spacial score (nSPS) is 19.8. The van der Waals surface area contributed by atoms with Crippen LogP contribution in [0, 0.1) is 0 Å². The minimum atomic E-state index is -0.481. The van der Waals surface area contributed by atoms with E-state index in [1.165, 1.54) is 13.5 Å². The topological polar surface area (TPSA) is 64.3 Å². The molecule has 1 amide bonds. The maximum absolute atomic E-state index is 11.3. The van der Waals surface area contributed by atoms with E-state index in [0.29, 0.717) is 6.04 Å². The first-order chi connectivity index (χ1) is 5.77. The largest absolute Gasteiger partial charge is 0.370 e. The number of rotatable bonds is 4. The fourth-order valence-electron chi connectivity index (χ4n) is 1.16. The van der Waals surface area contributed by atoms with Crippen molar-refractivity contribution in [2.24, 2.45) is 5.73 Å². The van der Waals surface area contributed by atoms with Crippen LogP contribution in [0.1, 0.15) is 19.3 Å². The predicted molar refractivity (Wildman–Crippen MR) is 45.6 cm³/mol. The molecule has 1 saturated carbocycles. The third-order valence-electron chi connectivity index (χ3n) is 2.24. The van der Waals surface area contributed by atoms with Gasteiger partial charge in [-0.15, -0.1) is 0 Å². The number of ether oxygens (including phenoxy) is 1. The van der Waals surface area contributed by atoms with Crippen molar-refractivity contribution in [3.05, 3.63) is 0 Å². The number of nitrogens with one attached hydrogen (secondary N) is 1. The standard InChI is InChI=1S/C8H16N2O2/c1-12-7(5-9)8(11)10-6-3-2-4-6/h6-7H,2-5,9H2,1H3,(H,10,11). The van der Waals surface area contributed by atoms with Gasteiger partial charge >= 0.3 is 0 Å². The Bertz CT molecular complexity index is 153. The molecule has 4 heteroatoms. The fraction of sp³-hybridized carbons (Fsp3) is 0.875. The Kier molecular flexibility index (Phi) is 3.49. The molecular weight excluding hydrogens is 156 g/mol. The monoisotopic (exact) mass is 172 g/mol. The Balaban J connectivity index is 2.24. The maximum Gasteiger partial charge on any atom is 0.250 e. The summed E-state index contributed by atoms with van der Waals surface area (Å²) in [5.74, 6) is -0.0790. The lowest BCUT2D eigenvalue weighted by molar-refractivity contribution is -0.131. The predicted octanol–water partition coefficient (Wildman–Crippen LogP) is -0.371. The first-order valence-electron chi connectivity index (χ1n) is 4.31. The van der Waals surface area contributed by atoms with Gasteiger partial charge in [-0.2, -0.15) is 0 Å². The summed E-state index contributed by atoms with van der Waals surface area (Å²) in [5.41, 5.74) is 5.33. The number of hydrogen-bond donors (Lipinski definition) is 2. The lowest BCUT2D eigenvalue weighted by Crippen LogP contribution is -2.47. The summed E-state index contributed by atoms with van der Waals surface area (Å²) in [4.78, 5) is 11.3. The van der Waals surface area contributed by atoms with E-state index in [4.69, 9.17) is 10.5 Å². The van der Waals surface area contributed by atoms with Crippen LogP contribution in [-0.4, -0.2) is 31.7 Å². The summed E-state index contributed by atoms with van der Waals surface area (Å²) in [6, 6.07) is 0.363. The second-order valence-corrected chi connectivity index (χ2v) is 3.10. The molecule has 70 valence electrons. The highest BCUT2D eigenvalue weighted by molar-refractivity contribution is 5.81. The molecule has 0 saturated heterocycles. The molecule has 4 nitrogen and oxygen atoms in total. The molecule has 0 aliphatic heterocycles. The number of methoxy groups -OCH3 is 1. The van der Waals surface area contributed by atoms with Crippen molar-refractivity contribution in [3.63, 3.8) is 0 Å². The molecule has 3 N–H and O–H groups in total. The molecule has 1 rings (SSSR count). The van der Waals surface area contributed by atoms with Crippen LogP contribution in [0.4, 0.5) is 0 Å². The molecule has 0 aromatic rings. The second-order valence-electron chi connectivity index (χ2n) is 3.10. The Hall–Kier alpha value is -0.610. The summed E-state index contributed by atoms with van der Waals surface area (Å²) in [6.07, 6.45) is 2.91. The molecule has 1 fully saturated rings. The third-order valence-corrected chi connectivity index (χ3v) is 2.24. The van der Waals surface area contributed by atoms with Gasteiger partial charge < -0.3 is 15.8 Å². The summed E-state index contributed by atoms with van der Waals surface area (Å²) >= 11 is 0. The number of hydrogen-bond acceptors (Lipinski definition) is 3. The molecule has 0 spiro atoms. The SMILES string of the molecule is COC(CN)C(=O)NC1CCC1. The van der Waals surface area contributed by atoms with Gasteiger partial charge in [-0.3, -0.25) is 4.79 Å². The zero-order valence-electron chi connectivity index (χ0n) is 7.38. The fourth-order valence-corrected chi connectivity index (χ4v) is 1.16. The van der Waals surface area contributed by atoms with Crippen LogP contribution in [0.3, 0.4) is 0 Å². The van der Waals surface area contributed by atoms with Gasteiger partial charge in [0.1, 0.15) is 6.10 Å². The van der Waals surface area contributed by atoms with Crippen molar-refractivity contribution in [1.29, 1.82) is 0 Å². The van der Waals surface area contributed by atoms with E-state index in [0.717, 1.165) is 12.8 Å². The average Bonchev–Trinajstić information content (AvgIpc) is 1.99. The molecule has 0 aromatic heterocycles. The van der Waals surface area contributed by atoms with Crippen molar-refractivity contribution in [2.75, 3.05) is 13.7 Å². The first kappa shape index (κ1) is 9.48. The molecular formula is C8H16N2O2. The first-order valence-corrected chi connectivity index (χ1v) is 4.31. The molecule has 0 heterocycles. The van der Waals surface area contributed by atoms with Gasteiger partial charge in [0.25, 0.3) is 5.91 Å². The van der Waals surface area contributed by atoms with E-state index in [9.17, 15) is 4.79 Å². The number of carbonyl (C=O) groups is 1. The molecule has 0 bridgehead atoms. The molecule has 12 heavy (non-hydrogen) atoms. The van der Waals surface area contributed by atoms with Gasteiger partial charge in [0, 0.05) is 19.7 Å². The molecule has 0 aromatic carbocycles. The molecule has 1 aliphatic rings. The summed E-state index contributed by atoms with van der Waals surface area (Å²) in [7, 11) is 1.50. The summed E-state index contributed by atoms with van der Waals surface area (Å²) in [5, 5.41) is 2.87. The van der Waals surface area contributed by atoms with Crippen molar-refractivity contribution in [2.45, 2.75) is 31.4 Å². The van der Waals surface area contributed by atoms with Gasteiger partial charge in [-0.1, -0.05) is 0 Å². The lowest BCUT2D eigenvalue weighted by atomic mass is 9.93. The highest BCUT2D eigenvalue weighted by Crippen LogP contribution is 2.17. The van der Waals surface area contributed by atoms with Crippen molar-refractivity contribution >= 4 is 5.91 Å².